The summed E-state index contributed by atoms with van der Waals surface area (Å²) < 4.78 is 0. The van der Waals surface area contributed by atoms with Crippen LogP contribution in [0, 0.1) is 13.8 Å². The van der Waals surface area contributed by atoms with Crippen molar-refractivity contribution in [3.8, 4) is 0 Å². The molecule has 21 heavy (non-hydrogen) atoms. The molecule has 1 unspecified atom stereocenters. The molecule has 0 bridgehead atoms. The molecule has 0 aliphatic carbocycles. The molecule has 0 heterocycles. The van der Waals surface area contributed by atoms with Gasteiger partial charge in [-0.05, 0) is 43.5 Å². The van der Waals surface area contributed by atoms with Crippen LogP contribution in [0.2, 0.25) is 0 Å². The number of rotatable bonds is 7. The Morgan fingerprint density at radius 3 is 2.24 bits per heavy atom. The third-order valence-electron chi connectivity index (χ3n) is 2.89. The Morgan fingerprint density at radius 2 is 1.76 bits per heavy atom. The van der Waals surface area contributed by atoms with Crippen molar-refractivity contribution in [3.05, 3.63) is 29.3 Å². The second-order valence-corrected chi connectivity index (χ2v) is 4.98. The summed E-state index contributed by atoms with van der Waals surface area (Å²) in [6.07, 6.45) is 1.26. The van der Waals surface area contributed by atoms with Gasteiger partial charge in [0.25, 0.3) is 0 Å². The molecule has 1 amide bonds. The lowest BCUT2D eigenvalue weighted by Gasteiger charge is -2.13. The summed E-state index contributed by atoms with van der Waals surface area (Å²) in [7, 11) is 0. The van der Waals surface area contributed by atoms with Crippen LogP contribution in [-0.2, 0) is 9.59 Å². The van der Waals surface area contributed by atoms with Crippen molar-refractivity contribution in [2.45, 2.75) is 39.7 Å². The Morgan fingerprint density at radius 1 is 1.19 bits per heavy atom. The van der Waals surface area contributed by atoms with Gasteiger partial charge in [0.15, 0.2) is 0 Å². The van der Waals surface area contributed by atoms with Crippen LogP contribution in [0.15, 0.2) is 18.2 Å². The molecule has 1 aromatic rings. The molecule has 6 heteroatoms. The Kier molecular flexibility index (Phi) is 8.66. The number of benzene rings is 1. The number of carbonyl (C=O) groups is 2. The molecule has 3 N–H and O–H groups in total. The molecular weight excluding hydrogens is 292 g/mol. The predicted molar refractivity (Wildman–Crippen MR) is 86.1 cm³/mol. The minimum absolute atomic E-state index is 0. The molecule has 0 saturated carbocycles. The van der Waals surface area contributed by atoms with E-state index in [0.29, 0.717) is 6.42 Å². The maximum Gasteiger partial charge on any atom is 0.320 e. The smallest absolute Gasteiger partial charge is 0.320 e. The van der Waals surface area contributed by atoms with Crippen LogP contribution in [0.5, 0.6) is 0 Å². The third-order valence-corrected chi connectivity index (χ3v) is 2.89. The van der Waals surface area contributed by atoms with Gasteiger partial charge < -0.3 is 10.4 Å². The summed E-state index contributed by atoms with van der Waals surface area (Å²) >= 11 is 0. The van der Waals surface area contributed by atoms with Gasteiger partial charge in [-0.2, -0.15) is 0 Å². The number of aliphatic carboxylic acids is 1. The fourth-order valence-electron chi connectivity index (χ4n) is 2.07. The number of hydrogen-bond donors (Lipinski definition) is 3. The van der Waals surface area contributed by atoms with Crippen molar-refractivity contribution in [2.24, 2.45) is 0 Å². The number of amides is 1. The van der Waals surface area contributed by atoms with Crippen LogP contribution >= 0.6 is 12.4 Å². The van der Waals surface area contributed by atoms with E-state index in [1.807, 2.05) is 39.0 Å². The van der Waals surface area contributed by atoms with Gasteiger partial charge in [0.05, 0.1) is 6.54 Å². The summed E-state index contributed by atoms with van der Waals surface area (Å²) in [4.78, 5) is 22.8. The van der Waals surface area contributed by atoms with Gasteiger partial charge in [0.2, 0.25) is 5.91 Å². The molecule has 1 atom stereocenters. The molecule has 0 fully saturated rings. The van der Waals surface area contributed by atoms with Crippen molar-refractivity contribution >= 4 is 30.0 Å². The van der Waals surface area contributed by atoms with Crippen LogP contribution < -0.4 is 10.6 Å². The molecule has 118 valence electrons. The van der Waals surface area contributed by atoms with E-state index in [1.165, 1.54) is 0 Å². The number of anilines is 1. The van der Waals surface area contributed by atoms with Gasteiger partial charge in [-0.25, -0.2) is 0 Å². The number of carbonyl (C=O) groups excluding carboxylic acids is 1. The minimum Gasteiger partial charge on any atom is -0.480 e. The number of nitrogens with one attached hydrogen (secondary N) is 2. The molecule has 0 saturated heterocycles. The zero-order valence-corrected chi connectivity index (χ0v) is 13.4. The first-order valence-electron chi connectivity index (χ1n) is 6.76. The molecule has 0 spiro atoms. The van der Waals surface area contributed by atoms with E-state index >= 15 is 0 Å². The van der Waals surface area contributed by atoms with E-state index in [0.717, 1.165) is 23.2 Å². The van der Waals surface area contributed by atoms with E-state index in [-0.39, 0.29) is 24.9 Å². The average Bonchev–Trinajstić information content (AvgIpc) is 2.32. The van der Waals surface area contributed by atoms with Gasteiger partial charge >= 0.3 is 5.97 Å². The van der Waals surface area contributed by atoms with Crippen LogP contribution in [0.25, 0.3) is 0 Å². The quantitative estimate of drug-likeness (QED) is 0.722. The standard InChI is InChI=1S/C15H22N2O3.ClH/c1-4-5-13(15(19)20)16-9-14(18)17-12-7-10(2)6-11(3)8-12;/h6-8,13,16H,4-5,9H2,1-3H3,(H,17,18)(H,19,20);1H. The van der Waals surface area contributed by atoms with E-state index in [4.69, 9.17) is 5.11 Å². The second-order valence-electron chi connectivity index (χ2n) is 4.98. The number of halogens is 1. The molecule has 1 aromatic carbocycles. The Balaban J connectivity index is 0.00000400. The first-order chi connectivity index (χ1) is 9.42. The highest BCUT2D eigenvalue weighted by Crippen LogP contribution is 2.13. The molecule has 0 aliphatic rings. The SMILES string of the molecule is CCCC(NCC(=O)Nc1cc(C)cc(C)c1)C(=O)O.Cl. The lowest BCUT2D eigenvalue weighted by atomic mass is 10.1. The molecule has 0 aliphatic heterocycles. The largest absolute Gasteiger partial charge is 0.480 e. The van der Waals surface area contributed by atoms with Crippen molar-refractivity contribution in [3.63, 3.8) is 0 Å². The summed E-state index contributed by atoms with van der Waals surface area (Å²) in [5.74, 6) is -1.16. The maximum atomic E-state index is 11.8. The highest BCUT2D eigenvalue weighted by Gasteiger charge is 2.16. The maximum absolute atomic E-state index is 11.8. The highest BCUT2D eigenvalue weighted by atomic mass is 35.5. The van der Waals surface area contributed by atoms with Crippen LogP contribution in [0.1, 0.15) is 30.9 Å². The average molecular weight is 315 g/mol. The summed E-state index contributed by atoms with van der Waals surface area (Å²) in [6.45, 7) is 5.82. The molecule has 0 radical (unpaired) electrons. The molecule has 0 aromatic heterocycles. The van der Waals surface area contributed by atoms with Gasteiger partial charge in [-0.1, -0.05) is 19.4 Å². The van der Waals surface area contributed by atoms with E-state index < -0.39 is 12.0 Å². The summed E-state index contributed by atoms with van der Waals surface area (Å²) in [6, 6.07) is 5.11. The van der Waals surface area contributed by atoms with Crippen molar-refractivity contribution in [2.75, 3.05) is 11.9 Å². The Bertz CT molecular complexity index is 472. The highest BCUT2D eigenvalue weighted by molar-refractivity contribution is 5.92. The monoisotopic (exact) mass is 314 g/mol. The first-order valence-corrected chi connectivity index (χ1v) is 6.76. The summed E-state index contributed by atoms with van der Waals surface area (Å²) in [5, 5.41) is 14.5. The zero-order chi connectivity index (χ0) is 15.1. The van der Waals surface area contributed by atoms with Crippen LogP contribution in [0.4, 0.5) is 5.69 Å². The predicted octanol–water partition coefficient (Wildman–Crippen LogP) is 2.51. The second kappa shape index (κ2) is 9.37. The van der Waals surface area contributed by atoms with Gasteiger partial charge in [-0.15, -0.1) is 12.4 Å². The Hall–Kier alpha value is -1.59. The molecule has 5 nitrogen and oxygen atoms in total. The van der Waals surface area contributed by atoms with Crippen LogP contribution in [-0.4, -0.2) is 29.6 Å². The minimum atomic E-state index is -0.925. The number of carboxylic acid groups (broad SMARTS) is 1. The Labute approximate surface area is 131 Å². The third kappa shape index (κ3) is 7.11. The van der Waals surface area contributed by atoms with Crippen LogP contribution in [0.3, 0.4) is 0 Å². The zero-order valence-electron chi connectivity index (χ0n) is 12.6. The fourth-order valence-corrected chi connectivity index (χ4v) is 2.07. The summed E-state index contributed by atoms with van der Waals surface area (Å²) in [5.41, 5.74) is 2.88. The number of aryl methyl sites for hydroxylation is 2. The van der Waals surface area contributed by atoms with Gasteiger partial charge in [-0.3, -0.25) is 14.9 Å². The van der Waals surface area contributed by atoms with Crippen molar-refractivity contribution < 1.29 is 14.7 Å². The van der Waals surface area contributed by atoms with E-state index in [1.54, 1.807) is 0 Å². The topological polar surface area (TPSA) is 78.4 Å². The normalized spacial score (nSPS) is 11.4. The molecular formula is C15H23ClN2O3. The van der Waals surface area contributed by atoms with E-state index in [2.05, 4.69) is 10.6 Å². The fraction of sp³-hybridized carbons (Fsp3) is 0.467. The first kappa shape index (κ1) is 19.4. The lowest BCUT2D eigenvalue weighted by molar-refractivity contribution is -0.139. The van der Waals surface area contributed by atoms with Gasteiger partial charge in [0, 0.05) is 5.69 Å². The molecule has 1 rings (SSSR count). The number of hydrogen-bond acceptors (Lipinski definition) is 3. The van der Waals surface area contributed by atoms with Crippen molar-refractivity contribution in [1.82, 2.24) is 5.32 Å². The lowest BCUT2D eigenvalue weighted by Crippen LogP contribution is -2.41. The van der Waals surface area contributed by atoms with Crippen molar-refractivity contribution in [1.29, 1.82) is 0 Å². The van der Waals surface area contributed by atoms with Gasteiger partial charge in [0.1, 0.15) is 6.04 Å². The van der Waals surface area contributed by atoms with E-state index in [9.17, 15) is 9.59 Å². The number of carboxylic acids is 1.